The van der Waals surface area contributed by atoms with E-state index in [9.17, 15) is 29.6 Å². The molecule has 2 rings (SSSR count). The van der Waals surface area contributed by atoms with Gasteiger partial charge in [0.2, 0.25) is 5.82 Å². The predicted molar refractivity (Wildman–Crippen MR) is 82.2 cm³/mol. The molecule has 1 heterocycles. The number of hydrogen-bond donors (Lipinski definition) is 4. The van der Waals surface area contributed by atoms with Crippen molar-refractivity contribution in [2.75, 3.05) is 11.9 Å². The lowest BCUT2D eigenvalue weighted by molar-refractivity contribution is -0.398. The van der Waals surface area contributed by atoms with E-state index in [-0.39, 0.29) is 17.9 Å². The smallest absolute Gasteiger partial charge is 0.342 e. The van der Waals surface area contributed by atoms with Crippen LogP contribution in [0.2, 0.25) is 0 Å². The number of anilines is 1. The zero-order valence-electron chi connectivity index (χ0n) is 12.3. The maximum Gasteiger partial charge on any atom is 0.342 e. The van der Waals surface area contributed by atoms with Crippen molar-refractivity contribution >= 4 is 23.6 Å². The molecule has 4 N–H and O–H groups in total. The Hall–Kier alpha value is -4.03. The summed E-state index contributed by atoms with van der Waals surface area (Å²) in [6.07, 6.45) is 1.11. The normalized spacial score (nSPS) is 10.6. The summed E-state index contributed by atoms with van der Waals surface area (Å²) >= 11 is 0. The highest BCUT2D eigenvalue weighted by Crippen LogP contribution is 2.22. The van der Waals surface area contributed by atoms with Crippen LogP contribution in [0.1, 0.15) is 5.56 Å². The molecule has 1 aromatic heterocycles. The summed E-state index contributed by atoms with van der Waals surface area (Å²) in [7, 11) is 0. The van der Waals surface area contributed by atoms with Crippen LogP contribution in [0.15, 0.2) is 32.9 Å². The standard InChI is InChI=1S/C12H11N7O6/c20-8-2-1-6(3-7(8)19(24)25)4-14-16-9(21)5-13-10-11(22)15-12(23)18-17-10/h1-4,20H,5H2,(H,13,17)(H,16,21)(H2,15,18,22,23)/p-1/b14-4-. The van der Waals surface area contributed by atoms with E-state index in [4.69, 9.17) is 0 Å². The zero-order valence-corrected chi connectivity index (χ0v) is 12.3. The average Bonchev–Trinajstić information content (AvgIpc) is 2.55. The molecule has 1 amide bonds. The van der Waals surface area contributed by atoms with E-state index in [1.54, 1.807) is 0 Å². The maximum atomic E-state index is 11.6. The molecule has 0 aliphatic carbocycles. The molecule has 0 fully saturated rings. The Labute approximate surface area is 137 Å². The van der Waals surface area contributed by atoms with Crippen LogP contribution in [0.25, 0.3) is 0 Å². The van der Waals surface area contributed by atoms with E-state index >= 15 is 0 Å². The van der Waals surface area contributed by atoms with E-state index in [1.807, 2.05) is 10.1 Å². The molecule has 0 saturated heterocycles. The molecule has 0 saturated carbocycles. The highest BCUT2D eigenvalue weighted by molar-refractivity contribution is 5.84. The summed E-state index contributed by atoms with van der Waals surface area (Å²) in [5.74, 6) is -1.66. The number of benzene rings is 1. The number of nitrogens with zero attached hydrogens (tertiary/aromatic N) is 3. The van der Waals surface area contributed by atoms with E-state index in [0.29, 0.717) is 0 Å². The molecular formula is C12H10N7O6-. The minimum absolute atomic E-state index is 0.235. The summed E-state index contributed by atoms with van der Waals surface area (Å²) in [6.45, 7) is -0.376. The molecule has 0 spiro atoms. The van der Waals surface area contributed by atoms with Crippen molar-refractivity contribution in [2.45, 2.75) is 0 Å². The maximum absolute atomic E-state index is 11.6. The van der Waals surface area contributed by atoms with Gasteiger partial charge in [-0.25, -0.2) is 15.3 Å². The minimum Gasteiger partial charge on any atom is -0.868 e. The van der Waals surface area contributed by atoms with Gasteiger partial charge in [0.1, 0.15) is 0 Å². The number of carbonyl (C=O) groups is 1. The Balaban J connectivity index is 1.92. The van der Waals surface area contributed by atoms with Crippen LogP contribution in [0, 0.1) is 10.1 Å². The number of H-pyrrole nitrogens is 2. The Morgan fingerprint density at radius 3 is 2.84 bits per heavy atom. The van der Waals surface area contributed by atoms with E-state index in [1.165, 1.54) is 6.07 Å². The summed E-state index contributed by atoms with van der Waals surface area (Å²) in [5, 5.41) is 33.2. The Bertz CT molecular complexity index is 947. The molecule has 0 unspecified atom stereocenters. The topological polar surface area (TPSA) is 198 Å². The predicted octanol–water partition coefficient (Wildman–Crippen LogP) is -2.00. The Kier molecular flexibility index (Phi) is 5.19. The molecule has 2 aromatic rings. The van der Waals surface area contributed by atoms with Crippen LogP contribution >= 0.6 is 0 Å². The van der Waals surface area contributed by atoms with Gasteiger partial charge < -0.3 is 10.4 Å². The summed E-state index contributed by atoms with van der Waals surface area (Å²) in [6, 6.07) is 3.32. The largest absolute Gasteiger partial charge is 0.868 e. The van der Waals surface area contributed by atoms with Gasteiger partial charge in [-0.1, -0.05) is 12.1 Å². The van der Waals surface area contributed by atoms with Gasteiger partial charge in [0, 0.05) is 11.6 Å². The van der Waals surface area contributed by atoms with Crippen LogP contribution in [0.4, 0.5) is 11.5 Å². The van der Waals surface area contributed by atoms with Crippen molar-refractivity contribution in [3.05, 3.63) is 54.7 Å². The monoisotopic (exact) mass is 348 g/mol. The third-order valence-corrected chi connectivity index (χ3v) is 2.71. The van der Waals surface area contributed by atoms with Crippen LogP contribution in [-0.2, 0) is 4.79 Å². The summed E-state index contributed by atoms with van der Waals surface area (Å²) < 4.78 is 0. The van der Waals surface area contributed by atoms with Crippen molar-refractivity contribution in [2.24, 2.45) is 5.10 Å². The van der Waals surface area contributed by atoms with Gasteiger partial charge in [0.05, 0.1) is 17.7 Å². The number of hydrogen-bond acceptors (Lipinski definition) is 9. The molecule has 0 aliphatic heterocycles. The first-order chi connectivity index (χ1) is 11.9. The fourth-order valence-corrected chi connectivity index (χ4v) is 1.61. The number of rotatable bonds is 6. The van der Waals surface area contributed by atoms with Crippen molar-refractivity contribution in [3.63, 3.8) is 0 Å². The number of nitro benzene ring substituents is 1. The van der Waals surface area contributed by atoms with E-state index < -0.39 is 33.5 Å². The second-order valence-corrected chi connectivity index (χ2v) is 4.49. The number of aromatic nitrogens is 3. The van der Waals surface area contributed by atoms with Gasteiger partial charge >= 0.3 is 5.69 Å². The third-order valence-electron chi connectivity index (χ3n) is 2.71. The highest BCUT2D eigenvalue weighted by atomic mass is 16.6. The van der Waals surface area contributed by atoms with Gasteiger partial charge in [-0.2, -0.15) is 5.10 Å². The van der Waals surface area contributed by atoms with Gasteiger partial charge in [-0.15, -0.1) is 5.10 Å². The molecule has 1 aromatic carbocycles. The Morgan fingerprint density at radius 2 is 2.16 bits per heavy atom. The van der Waals surface area contributed by atoms with Gasteiger partial charge in [0.15, 0.2) is 0 Å². The highest BCUT2D eigenvalue weighted by Gasteiger charge is 2.07. The molecule has 0 radical (unpaired) electrons. The van der Waals surface area contributed by atoms with E-state index in [0.717, 1.165) is 18.3 Å². The Morgan fingerprint density at radius 1 is 1.40 bits per heavy atom. The van der Waals surface area contributed by atoms with Crippen molar-refractivity contribution in [1.29, 1.82) is 0 Å². The number of nitrogens with one attached hydrogen (secondary N) is 4. The SMILES string of the molecule is O=C(CNc1n[nH]c(=O)[nH]c1=O)N/N=C\c1ccc([O-])c([N+](=O)[O-])c1. The lowest BCUT2D eigenvalue weighted by Crippen LogP contribution is -2.31. The fourth-order valence-electron chi connectivity index (χ4n) is 1.61. The number of carbonyl (C=O) groups excluding carboxylic acids is 1. The second-order valence-electron chi connectivity index (χ2n) is 4.49. The van der Waals surface area contributed by atoms with Crippen molar-refractivity contribution < 1.29 is 14.8 Å². The quantitative estimate of drug-likeness (QED) is 0.261. The minimum atomic E-state index is -0.823. The van der Waals surface area contributed by atoms with Gasteiger partial charge in [0.25, 0.3) is 17.2 Å². The number of hydrazone groups is 1. The third kappa shape index (κ3) is 4.72. The van der Waals surface area contributed by atoms with Crippen molar-refractivity contribution in [1.82, 2.24) is 20.6 Å². The molecular weight excluding hydrogens is 338 g/mol. The van der Waals surface area contributed by atoms with Crippen molar-refractivity contribution in [3.8, 4) is 5.75 Å². The molecule has 130 valence electrons. The first-order valence-corrected chi connectivity index (χ1v) is 6.57. The number of amides is 1. The van der Waals surface area contributed by atoms with E-state index in [2.05, 4.69) is 20.9 Å². The first kappa shape index (κ1) is 17.3. The number of aromatic amines is 2. The van der Waals surface area contributed by atoms with Crippen LogP contribution in [0.5, 0.6) is 5.75 Å². The zero-order chi connectivity index (χ0) is 18.4. The molecule has 0 bridgehead atoms. The van der Waals surface area contributed by atoms with Gasteiger partial charge in [-0.3, -0.25) is 24.7 Å². The number of nitro groups is 1. The average molecular weight is 348 g/mol. The van der Waals surface area contributed by atoms with Crippen LogP contribution in [-0.4, -0.2) is 38.8 Å². The lowest BCUT2D eigenvalue weighted by Gasteiger charge is -2.06. The molecule has 0 aliphatic rings. The summed E-state index contributed by atoms with van der Waals surface area (Å²) in [5.41, 5.74) is 0.137. The first-order valence-electron chi connectivity index (χ1n) is 6.57. The lowest BCUT2D eigenvalue weighted by atomic mass is 10.2. The molecule has 25 heavy (non-hydrogen) atoms. The fraction of sp³-hybridized carbons (Fsp3) is 0.0833. The second kappa shape index (κ2) is 7.49. The van der Waals surface area contributed by atoms with Crippen LogP contribution in [0.3, 0.4) is 0 Å². The molecule has 13 heteroatoms. The molecule has 13 nitrogen and oxygen atoms in total. The van der Waals surface area contributed by atoms with Gasteiger partial charge in [-0.05, 0) is 5.75 Å². The molecule has 0 atom stereocenters. The van der Waals surface area contributed by atoms with Crippen LogP contribution < -0.4 is 27.1 Å². The summed E-state index contributed by atoms with van der Waals surface area (Å²) in [4.78, 5) is 45.4.